The Morgan fingerprint density at radius 3 is 2.82 bits per heavy atom. The highest BCUT2D eigenvalue weighted by atomic mass is 16.5. The number of Topliss-reactive ketones (excluding diaryl/α,β-unsaturated/α-hetero) is 1. The fourth-order valence-electron chi connectivity index (χ4n) is 4.50. The zero-order valence-corrected chi connectivity index (χ0v) is 12.5. The summed E-state index contributed by atoms with van der Waals surface area (Å²) >= 11 is 0. The van der Waals surface area contributed by atoms with E-state index < -0.39 is 5.41 Å². The van der Waals surface area contributed by atoms with Gasteiger partial charge in [-0.15, -0.1) is 0 Å². The second-order valence-corrected chi connectivity index (χ2v) is 6.47. The van der Waals surface area contributed by atoms with E-state index in [1.54, 1.807) is 6.08 Å². The largest absolute Gasteiger partial charge is 0.504 e. The maximum atomic E-state index is 12.4. The number of likely N-dealkylation sites (tertiary alicyclic amines) is 1. The van der Waals surface area contributed by atoms with Crippen molar-refractivity contribution in [2.75, 3.05) is 20.7 Å². The van der Waals surface area contributed by atoms with E-state index in [1.165, 1.54) is 13.2 Å². The molecule has 114 valence electrons. The smallest absolute Gasteiger partial charge is 0.220 e. The average Bonchev–Trinajstić information content (AvgIpc) is 2.67. The van der Waals surface area contributed by atoms with Crippen molar-refractivity contribution in [1.82, 2.24) is 4.90 Å². The van der Waals surface area contributed by atoms with Gasteiger partial charge in [0.2, 0.25) is 5.78 Å². The minimum Gasteiger partial charge on any atom is -0.504 e. The average molecular weight is 299 g/mol. The van der Waals surface area contributed by atoms with Crippen LogP contribution in [0.4, 0.5) is 0 Å². The number of hydrogen-bond acceptors (Lipinski definition) is 5. The molecule has 0 saturated carbocycles. The zero-order valence-electron chi connectivity index (χ0n) is 12.5. The Morgan fingerprint density at radius 1 is 1.32 bits per heavy atom. The van der Waals surface area contributed by atoms with Gasteiger partial charge in [0.05, 0.1) is 7.11 Å². The maximum absolute atomic E-state index is 12.4. The fourth-order valence-corrected chi connectivity index (χ4v) is 4.50. The summed E-state index contributed by atoms with van der Waals surface area (Å²) in [5, 5.41) is 10.4. The molecule has 4 aliphatic rings. The van der Waals surface area contributed by atoms with Crippen molar-refractivity contribution in [2.24, 2.45) is 11.3 Å². The molecule has 1 aliphatic heterocycles. The van der Waals surface area contributed by atoms with Crippen LogP contribution in [0, 0.1) is 11.3 Å². The van der Waals surface area contributed by atoms with E-state index in [9.17, 15) is 14.7 Å². The summed E-state index contributed by atoms with van der Waals surface area (Å²) in [7, 11) is 3.51. The molecule has 3 atom stereocenters. The minimum atomic E-state index is -0.535. The molecule has 0 aromatic carbocycles. The van der Waals surface area contributed by atoms with Gasteiger partial charge in [-0.3, -0.25) is 14.5 Å². The van der Waals surface area contributed by atoms with Crippen LogP contribution in [0.1, 0.15) is 6.42 Å². The maximum Gasteiger partial charge on any atom is 0.220 e. The van der Waals surface area contributed by atoms with E-state index in [-0.39, 0.29) is 35.7 Å². The van der Waals surface area contributed by atoms with Crippen LogP contribution >= 0.6 is 0 Å². The number of carbonyl (C=O) groups is 2. The molecule has 0 aromatic heterocycles. The van der Waals surface area contributed by atoms with Gasteiger partial charge < -0.3 is 9.84 Å². The number of methoxy groups -OCH3 is 1. The monoisotopic (exact) mass is 299 g/mol. The molecule has 5 heteroatoms. The van der Waals surface area contributed by atoms with Crippen molar-refractivity contribution in [2.45, 2.75) is 12.5 Å². The minimum absolute atomic E-state index is 0.0327. The van der Waals surface area contributed by atoms with Crippen molar-refractivity contribution < 1.29 is 19.4 Å². The standard InChI is InChI=1S/C17H17NO4/c1-18-8-17-7-13(20)14(22-2)6-10(17)11(18)5-9-3-4-12(19)16(21)15(9)17/h3-6,10-11,21H,7-8H2,1-2H3/t10?,11-,17-/m0/s1. The van der Waals surface area contributed by atoms with Crippen molar-refractivity contribution in [3.63, 3.8) is 0 Å². The lowest BCUT2D eigenvalue weighted by Gasteiger charge is -2.43. The number of ether oxygens (including phenoxy) is 1. The summed E-state index contributed by atoms with van der Waals surface area (Å²) in [6.07, 6.45) is 7.35. The number of likely N-dealkylation sites (N-methyl/N-ethyl adjacent to an activating group) is 1. The SMILES string of the molecule is COC1=CC2[C@@H]3C=C4C=CC(=O)C(O)=C4[C@@]2(CC1=O)CN3C. The van der Waals surface area contributed by atoms with E-state index in [2.05, 4.69) is 11.0 Å². The highest BCUT2D eigenvalue weighted by Gasteiger charge is 2.59. The molecule has 22 heavy (non-hydrogen) atoms. The van der Waals surface area contributed by atoms with Crippen molar-refractivity contribution in [3.8, 4) is 0 Å². The van der Waals surface area contributed by atoms with Gasteiger partial charge in [-0.05, 0) is 24.8 Å². The number of allylic oxidation sites excluding steroid dienone is 4. The third-order valence-electron chi connectivity index (χ3n) is 5.37. The predicted molar refractivity (Wildman–Crippen MR) is 78.9 cm³/mol. The molecule has 1 heterocycles. The first-order chi connectivity index (χ1) is 10.5. The van der Waals surface area contributed by atoms with E-state index in [1.807, 2.05) is 13.1 Å². The van der Waals surface area contributed by atoms with Crippen LogP contribution in [0.2, 0.25) is 0 Å². The first-order valence-electron chi connectivity index (χ1n) is 7.35. The molecule has 3 aliphatic carbocycles. The molecule has 0 aromatic rings. The second kappa shape index (κ2) is 4.20. The van der Waals surface area contributed by atoms with E-state index in [0.29, 0.717) is 17.9 Å². The van der Waals surface area contributed by atoms with Gasteiger partial charge in [-0.25, -0.2) is 0 Å². The Balaban J connectivity index is 1.98. The van der Waals surface area contributed by atoms with E-state index in [4.69, 9.17) is 4.74 Å². The van der Waals surface area contributed by atoms with Gasteiger partial charge in [0, 0.05) is 35.9 Å². The van der Waals surface area contributed by atoms with Crippen LogP contribution in [0.25, 0.3) is 0 Å². The first-order valence-corrected chi connectivity index (χ1v) is 7.35. The number of aliphatic hydroxyl groups excluding tert-OH is 1. The molecule has 1 N–H and O–H groups in total. The molecule has 0 radical (unpaired) electrons. The first kappa shape index (κ1) is 13.5. The number of nitrogens with zero attached hydrogens (tertiary/aromatic N) is 1. The van der Waals surface area contributed by atoms with E-state index in [0.717, 1.165) is 5.57 Å². The van der Waals surface area contributed by atoms with Gasteiger partial charge in [-0.1, -0.05) is 12.2 Å². The third-order valence-corrected chi connectivity index (χ3v) is 5.37. The number of hydrogen-bond donors (Lipinski definition) is 1. The molecular weight excluding hydrogens is 282 g/mol. The van der Waals surface area contributed by atoms with Crippen molar-refractivity contribution in [3.05, 3.63) is 47.0 Å². The number of ketones is 2. The predicted octanol–water partition coefficient (Wildman–Crippen LogP) is 1.30. The second-order valence-electron chi connectivity index (χ2n) is 6.47. The topological polar surface area (TPSA) is 66.8 Å². The molecule has 0 amide bonds. The molecule has 1 fully saturated rings. The van der Waals surface area contributed by atoms with Gasteiger partial charge >= 0.3 is 0 Å². The molecule has 2 bridgehead atoms. The molecule has 0 spiro atoms. The van der Waals surface area contributed by atoms with Gasteiger partial charge in [-0.2, -0.15) is 0 Å². The van der Waals surface area contributed by atoms with Crippen LogP contribution in [0.15, 0.2) is 47.0 Å². The van der Waals surface area contributed by atoms with Crippen molar-refractivity contribution in [1.29, 1.82) is 0 Å². The molecule has 5 nitrogen and oxygen atoms in total. The normalized spacial score (nSPS) is 36.8. The van der Waals surface area contributed by atoms with Crippen LogP contribution in [0.5, 0.6) is 0 Å². The number of rotatable bonds is 1. The number of fused-ring (bicyclic) bond motifs is 1. The lowest BCUT2D eigenvalue weighted by Crippen LogP contribution is -2.43. The Bertz CT molecular complexity index is 727. The van der Waals surface area contributed by atoms with Gasteiger partial charge in [0.25, 0.3) is 0 Å². The quantitative estimate of drug-likeness (QED) is 0.790. The highest BCUT2D eigenvalue weighted by Crippen LogP contribution is 2.58. The summed E-state index contributed by atoms with van der Waals surface area (Å²) in [5.74, 6) is -0.256. The zero-order chi connectivity index (χ0) is 15.6. The van der Waals surface area contributed by atoms with Crippen LogP contribution in [0.3, 0.4) is 0 Å². The molecule has 1 saturated heterocycles. The number of aliphatic hydroxyl groups is 1. The lowest BCUT2D eigenvalue weighted by atomic mass is 9.58. The number of carbonyl (C=O) groups excluding carboxylic acids is 2. The van der Waals surface area contributed by atoms with E-state index >= 15 is 0 Å². The Labute approximate surface area is 128 Å². The Morgan fingerprint density at radius 2 is 2.09 bits per heavy atom. The van der Waals surface area contributed by atoms with Crippen LogP contribution in [-0.4, -0.2) is 48.3 Å². The fraction of sp³-hybridized carbons (Fsp3) is 0.412. The summed E-state index contributed by atoms with van der Waals surface area (Å²) in [4.78, 5) is 26.5. The summed E-state index contributed by atoms with van der Waals surface area (Å²) in [6.45, 7) is 0.641. The summed E-state index contributed by atoms with van der Waals surface area (Å²) in [5.41, 5.74) is 0.961. The highest BCUT2D eigenvalue weighted by molar-refractivity contribution is 6.06. The Hall–Kier alpha value is -2.14. The van der Waals surface area contributed by atoms with Crippen LogP contribution < -0.4 is 0 Å². The Kier molecular flexibility index (Phi) is 2.58. The third kappa shape index (κ3) is 1.47. The molecular formula is C17H17NO4. The van der Waals surface area contributed by atoms with Crippen LogP contribution in [-0.2, 0) is 14.3 Å². The van der Waals surface area contributed by atoms with Gasteiger partial charge in [0.15, 0.2) is 17.3 Å². The van der Waals surface area contributed by atoms with Crippen molar-refractivity contribution >= 4 is 11.6 Å². The lowest BCUT2D eigenvalue weighted by molar-refractivity contribution is -0.121. The molecule has 4 rings (SSSR count). The summed E-state index contributed by atoms with van der Waals surface area (Å²) < 4.78 is 5.21. The molecule has 1 unspecified atom stereocenters. The summed E-state index contributed by atoms with van der Waals surface area (Å²) in [6, 6.07) is 0.141. The van der Waals surface area contributed by atoms with Gasteiger partial charge in [0.1, 0.15) is 0 Å².